The molecule has 1 N–H and O–H groups in total. The van der Waals surface area contributed by atoms with Crippen LogP contribution in [0.25, 0.3) is 11.0 Å². The highest BCUT2D eigenvalue weighted by Gasteiger charge is 2.21. The molecule has 3 rings (SSSR count). The summed E-state index contributed by atoms with van der Waals surface area (Å²) in [6, 6.07) is 7.13. The second-order valence-corrected chi connectivity index (χ2v) is 7.03. The highest BCUT2D eigenvalue weighted by atomic mass is 32.2. The van der Waals surface area contributed by atoms with E-state index in [9.17, 15) is 22.0 Å². The molecule has 130 valence electrons. The first-order valence-electron chi connectivity index (χ1n) is 7.04. The lowest BCUT2D eigenvalue weighted by Crippen LogP contribution is -2.32. The second-order valence-electron chi connectivity index (χ2n) is 5.31. The highest BCUT2D eigenvalue weighted by Crippen LogP contribution is 2.17. The predicted molar refractivity (Wildman–Crippen MR) is 85.0 cm³/mol. The maximum absolute atomic E-state index is 13.6. The summed E-state index contributed by atoms with van der Waals surface area (Å²) in [6.45, 7) is 0. The Morgan fingerprint density at radius 1 is 1.24 bits per heavy atom. The van der Waals surface area contributed by atoms with Crippen LogP contribution in [0, 0.1) is 11.6 Å². The topological polar surface area (TPSA) is 93.9 Å². The van der Waals surface area contributed by atoms with E-state index in [0.717, 1.165) is 12.1 Å². The molecule has 0 aliphatic heterocycles. The fourth-order valence-corrected chi connectivity index (χ4v) is 3.48. The van der Waals surface area contributed by atoms with Gasteiger partial charge in [-0.15, -0.1) is 5.10 Å². The van der Waals surface area contributed by atoms with Crippen molar-refractivity contribution >= 4 is 27.0 Å². The van der Waals surface area contributed by atoms with Gasteiger partial charge in [0.25, 0.3) is 5.91 Å². The third-order valence-electron chi connectivity index (χ3n) is 3.48. The van der Waals surface area contributed by atoms with Gasteiger partial charge in [-0.1, -0.05) is 17.3 Å². The lowest BCUT2D eigenvalue weighted by atomic mass is 10.2. The number of nitrogens with one attached hydrogen (secondary N) is 1. The molecule has 1 amide bonds. The first-order chi connectivity index (χ1) is 11.8. The number of carbonyl (C=O) groups excluding carboxylic acids is 1. The van der Waals surface area contributed by atoms with Crippen LogP contribution in [0.3, 0.4) is 0 Å². The zero-order valence-electron chi connectivity index (χ0n) is 12.9. The number of nitrogens with zero attached hydrogens (tertiary/aromatic N) is 3. The first kappa shape index (κ1) is 17.0. The Labute approximate surface area is 141 Å². The number of rotatable bonds is 4. The largest absolute Gasteiger partial charge is 0.268 e. The minimum Gasteiger partial charge on any atom is -0.268 e. The Hall–Kier alpha value is -2.88. The fourth-order valence-electron chi connectivity index (χ4n) is 2.37. The predicted octanol–water partition coefficient (Wildman–Crippen LogP) is 1.51. The Kier molecular flexibility index (Phi) is 4.21. The number of aromatic nitrogens is 3. The smallest absolute Gasteiger partial charge is 0.266 e. The molecule has 0 saturated carbocycles. The normalized spacial score (nSPS) is 11.6. The van der Waals surface area contributed by atoms with Crippen molar-refractivity contribution in [2.75, 3.05) is 0 Å². The number of hydrogen-bond acceptors (Lipinski definition) is 5. The van der Waals surface area contributed by atoms with Gasteiger partial charge in [0, 0.05) is 18.7 Å². The molecule has 1 aromatic heterocycles. The number of sulfonamides is 1. The number of halogens is 2. The van der Waals surface area contributed by atoms with Crippen LogP contribution in [-0.4, -0.2) is 29.3 Å². The molecule has 0 atom stereocenters. The van der Waals surface area contributed by atoms with Crippen molar-refractivity contribution in [2.45, 2.75) is 5.75 Å². The van der Waals surface area contributed by atoms with Gasteiger partial charge in [0.2, 0.25) is 10.0 Å². The van der Waals surface area contributed by atoms with Gasteiger partial charge in [0.15, 0.2) is 0 Å². The van der Waals surface area contributed by atoms with Crippen LogP contribution < -0.4 is 4.72 Å². The molecule has 0 spiro atoms. The average Bonchev–Trinajstić information content (AvgIpc) is 2.91. The minimum atomic E-state index is -4.19. The van der Waals surface area contributed by atoms with Crippen molar-refractivity contribution < 1.29 is 22.0 Å². The summed E-state index contributed by atoms with van der Waals surface area (Å²) in [7, 11) is -2.63. The summed E-state index contributed by atoms with van der Waals surface area (Å²) in [5.74, 6) is -3.52. The van der Waals surface area contributed by atoms with Gasteiger partial charge >= 0.3 is 0 Å². The van der Waals surface area contributed by atoms with Crippen LogP contribution in [0.1, 0.15) is 15.9 Å². The van der Waals surface area contributed by atoms with Gasteiger partial charge in [-0.25, -0.2) is 26.6 Å². The standard InChI is InChI=1S/C15H12F2N4O3S/c1-21-14-11(3-2-4-13(14)18-20-21)15(22)19-25(23,24)8-9-5-6-10(16)7-12(9)17/h2-7H,8H2,1H3,(H,19,22). The molecule has 2 aromatic carbocycles. The van der Waals surface area contributed by atoms with Crippen LogP contribution in [0.15, 0.2) is 36.4 Å². The summed E-state index contributed by atoms with van der Waals surface area (Å²) < 4.78 is 54.0. The summed E-state index contributed by atoms with van der Waals surface area (Å²) >= 11 is 0. The van der Waals surface area contributed by atoms with E-state index in [1.807, 2.05) is 4.72 Å². The molecule has 7 nitrogen and oxygen atoms in total. The molecule has 0 bridgehead atoms. The number of fused-ring (bicyclic) bond motifs is 1. The number of amides is 1. The number of carbonyl (C=O) groups is 1. The third kappa shape index (κ3) is 3.48. The van der Waals surface area contributed by atoms with E-state index in [1.165, 1.54) is 16.8 Å². The maximum Gasteiger partial charge on any atom is 0.266 e. The number of para-hydroxylation sites is 1. The molecule has 1 heterocycles. The van der Waals surface area contributed by atoms with Crippen LogP contribution in [0.4, 0.5) is 8.78 Å². The second kappa shape index (κ2) is 6.20. The van der Waals surface area contributed by atoms with Crippen molar-refractivity contribution in [3.05, 3.63) is 59.2 Å². The van der Waals surface area contributed by atoms with E-state index in [0.29, 0.717) is 17.1 Å². The van der Waals surface area contributed by atoms with Crippen molar-refractivity contribution in [3.63, 3.8) is 0 Å². The van der Waals surface area contributed by atoms with Crippen molar-refractivity contribution in [3.8, 4) is 0 Å². The van der Waals surface area contributed by atoms with E-state index in [4.69, 9.17) is 0 Å². The van der Waals surface area contributed by atoms with Crippen molar-refractivity contribution in [1.82, 2.24) is 19.7 Å². The van der Waals surface area contributed by atoms with E-state index in [2.05, 4.69) is 10.3 Å². The molecule has 0 fully saturated rings. The molecular weight excluding hydrogens is 354 g/mol. The Balaban J connectivity index is 1.87. The number of aryl methyl sites for hydroxylation is 1. The molecule has 0 saturated heterocycles. The molecule has 0 radical (unpaired) electrons. The molecule has 0 unspecified atom stereocenters. The molecular formula is C15H12F2N4O3S. The van der Waals surface area contributed by atoms with E-state index in [1.54, 1.807) is 13.1 Å². The summed E-state index contributed by atoms with van der Waals surface area (Å²) in [5.41, 5.74) is 0.607. The fraction of sp³-hybridized carbons (Fsp3) is 0.133. The maximum atomic E-state index is 13.6. The average molecular weight is 366 g/mol. The monoisotopic (exact) mass is 366 g/mol. The molecule has 25 heavy (non-hydrogen) atoms. The molecule has 0 aliphatic carbocycles. The first-order valence-corrected chi connectivity index (χ1v) is 8.69. The van der Waals surface area contributed by atoms with E-state index in [-0.39, 0.29) is 11.1 Å². The van der Waals surface area contributed by atoms with Gasteiger partial charge in [0.1, 0.15) is 22.7 Å². The lowest BCUT2D eigenvalue weighted by Gasteiger charge is -2.09. The minimum absolute atomic E-state index is 0.0631. The third-order valence-corrected chi connectivity index (χ3v) is 4.67. The van der Waals surface area contributed by atoms with E-state index < -0.39 is 33.3 Å². The SMILES string of the molecule is Cn1nnc2cccc(C(=O)NS(=O)(=O)Cc3ccc(F)cc3F)c21. The van der Waals surface area contributed by atoms with Crippen LogP contribution in [-0.2, 0) is 22.8 Å². The zero-order chi connectivity index (χ0) is 18.2. The van der Waals surface area contributed by atoms with Crippen molar-refractivity contribution in [1.29, 1.82) is 0 Å². The Morgan fingerprint density at radius 2 is 2.00 bits per heavy atom. The van der Waals surface area contributed by atoms with Gasteiger partial charge in [-0.3, -0.25) is 4.79 Å². The highest BCUT2D eigenvalue weighted by molar-refractivity contribution is 7.89. The quantitative estimate of drug-likeness (QED) is 0.755. The number of hydrogen-bond donors (Lipinski definition) is 1. The number of benzene rings is 2. The van der Waals surface area contributed by atoms with Crippen LogP contribution in [0.2, 0.25) is 0 Å². The molecule has 3 aromatic rings. The van der Waals surface area contributed by atoms with Gasteiger partial charge < -0.3 is 0 Å². The van der Waals surface area contributed by atoms with Gasteiger partial charge in [-0.2, -0.15) is 0 Å². The summed E-state index contributed by atoms with van der Waals surface area (Å²) in [6.07, 6.45) is 0. The molecule has 0 aliphatic rings. The van der Waals surface area contributed by atoms with Gasteiger partial charge in [-0.05, 0) is 18.2 Å². The molecule has 10 heteroatoms. The zero-order valence-corrected chi connectivity index (χ0v) is 13.7. The summed E-state index contributed by atoms with van der Waals surface area (Å²) in [4.78, 5) is 12.3. The van der Waals surface area contributed by atoms with Crippen molar-refractivity contribution in [2.24, 2.45) is 7.05 Å². The Morgan fingerprint density at radius 3 is 2.72 bits per heavy atom. The van der Waals surface area contributed by atoms with Gasteiger partial charge in [0.05, 0.1) is 11.3 Å². The van der Waals surface area contributed by atoms with Crippen LogP contribution >= 0.6 is 0 Å². The van der Waals surface area contributed by atoms with Crippen LogP contribution in [0.5, 0.6) is 0 Å². The summed E-state index contributed by atoms with van der Waals surface area (Å²) in [5, 5.41) is 7.62. The lowest BCUT2D eigenvalue weighted by molar-refractivity contribution is 0.0982. The Bertz CT molecular complexity index is 1080. The van der Waals surface area contributed by atoms with E-state index >= 15 is 0 Å².